The second kappa shape index (κ2) is 7.27. The lowest BCUT2D eigenvalue weighted by atomic mass is 10.2. The number of benzene rings is 1. The molecule has 0 atom stereocenters. The van der Waals surface area contributed by atoms with E-state index in [2.05, 4.69) is 29.7 Å². The maximum atomic E-state index is 11.9. The Bertz CT molecular complexity index is 587. The van der Waals surface area contributed by atoms with Crippen molar-refractivity contribution in [3.05, 3.63) is 51.7 Å². The molecule has 0 bridgehead atoms. The highest BCUT2D eigenvalue weighted by Crippen LogP contribution is 2.18. The minimum Gasteiger partial charge on any atom is -0.380 e. The van der Waals surface area contributed by atoms with Crippen LogP contribution in [0.3, 0.4) is 0 Å². The van der Waals surface area contributed by atoms with Crippen molar-refractivity contribution < 1.29 is 4.79 Å². The lowest BCUT2D eigenvalue weighted by Gasteiger charge is -2.09. The van der Waals surface area contributed by atoms with Crippen molar-refractivity contribution in [2.45, 2.75) is 39.8 Å². The SMILES string of the molecule is CCc1ccc(CNc2ccc(C(=O)NC(C)C)cc2)s1. The molecule has 0 radical (unpaired) electrons. The second-order valence-electron chi connectivity index (χ2n) is 5.28. The minimum absolute atomic E-state index is 0.0256. The van der Waals surface area contributed by atoms with Crippen molar-refractivity contribution in [1.82, 2.24) is 5.32 Å². The Morgan fingerprint density at radius 1 is 1.10 bits per heavy atom. The van der Waals surface area contributed by atoms with Gasteiger partial charge in [-0.3, -0.25) is 4.79 Å². The van der Waals surface area contributed by atoms with Gasteiger partial charge < -0.3 is 10.6 Å². The summed E-state index contributed by atoms with van der Waals surface area (Å²) in [5.41, 5.74) is 1.72. The predicted molar refractivity (Wildman–Crippen MR) is 90.1 cm³/mol. The summed E-state index contributed by atoms with van der Waals surface area (Å²) in [5.74, 6) is -0.0256. The Balaban J connectivity index is 1.91. The molecule has 0 saturated heterocycles. The minimum atomic E-state index is -0.0256. The largest absolute Gasteiger partial charge is 0.380 e. The average Bonchev–Trinajstić information content (AvgIpc) is 2.93. The van der Waals surface area contributed by atoms with Crippen LogP contribution in [0.15, 0.2) is 36.4 Å². The fourth-order valence-electron chi connectivity index (χ4n) is 1.98. The Morgan fingerprint density at radius 3 is 2.33 bits per heavy atom. The molecule has 2 N–H and O–H groups in total. The fraction of sp³-hybridized carbons (Fsp3) is 0.353. The van der Waals surface area contributed by atoms with E-state index in [0.717, 1.165) is 18.7 Å². The van der Waals surface area contributed by atoms with Crippen molar-refractivity contribution in [3.63, 3.8) is 0 Å². The van der Waals surface area contributed by atoms with Crippen molar-refractivity contribution in [2.24, 2.45) is 0 Å². The van der Waals surface area contributed by atoms with Gasteiger partial charge in [-0.15, -0.1) is 11.3 Å². The first-order valence-electron chi connectivity index (χ1n) is 7.31. The Hall–Kier alpha value is -1.81. The van der Waals surface area contributed by atoms with Gasteiger partial charge in [-0.1, -0.05) is 6.92 Å². The molecule has 1 amide bonds. The highest BCUT2D eigenvalue weighted by Gasteiger charge is 2.06. The van der Waals surface area contributed by atoms with Gasteiger partial charge in [-0.25, -0.2) is 0 Å². The zero-order valence-electron chi connectivity index (χ0n) is 12.8. The zero-order valence-corrected chi connectivity index (χ0v) is 13.6. The molecule has 3 nitrogen and oxygen atoms in total. The number of thiophene rings is 1. The number of nitrogens with one attached hydrogen (secondary N) is 2. The molecule has 1 aromatic heterocycles. The molecule has 0 unspecified atom stereocenters. The summed E-state index contributed by atoms with van der Waals surface area (Å²) < 4.78 is 0. The van der Waals surface area contributed by atoms with Gasteiger partial charge in [-0.2, -0.15) is 0 Å². The van der Waals surface area contributed by atoms with Gasteiger partial charge in [0.1, 0.15) is 0 Å². The highest BCUT2D eigenvalue weighted by molar-refractivity contribution is 7.12. The van der Waals surface area contributed by atoms with E-state index < -0.39 is 0 Å². The molecule has 2 aromatic rings. The summed E-state index contributed by atoms with van der Waals surface area (Å²) >= 11 is 1.84. The van der Waals surface area contributed by atoms with E-state index in [0.29, 0.717) is 5.56 Å². The van der Waals surface area contributed by atoms with Crippen LogP contribution in [0, 0.1) is 0 Å². The summed E-state index contributed by atoms with van der Waals surface area (Å²) in [5, 5.41) is 6.27. The highest BCUT2D eigenvalue weighted by atomic mass is 32.1. The van der Waals surface area contributed by atoms with Crippen LogP contribution in [0.5, 0.6) is 0 Å². The monoisotopic (exact) mass is 302 g/mol. The number of anilines is 1. The van der Waals surface area contributed by atoms with Gasteiger partial charge in [0.25, 0.3) is 5.91 Å². The smallest absolute Gasteiger partial charge is 0.251 e. The molecule has 0 saturated carbocycles. The Labute approximate surface area is 130 Å². The lowest BCUT2D eigenvalue weighted by Crippen LogP contribution is -2.29. The van der Waals surface area contributed by atoms with E-state index in [9.17, 15) is 4.79 Å². The maximum Gasteiger partial charge on any atom is 0.251 e. The van der Waals surface area contributed by atoms with Crippen LogP contribution in [0.25, 0.3) is 0 Å². The number of hydrogen-bond donors (Lipinski definition) is 2. The molecule has 2 rings (SSSR count). The van der Waals surface area contributed by atoms with Crippen LogP contribution in [0.2, 0.25) is 0 Å². The third-order valence-electron chi connectivity index (χ3n) is 3.10. The molecule has 21 heavy (non-hydrogen) atoms. The number of amides is 1. The molecule has 1 heterocycles. The van der Waals surface area contributed by atoms with Crippen LogP contribution in [0.1, 0.15) is 40.9 Å². The molecule has 4 heteroatoms. The van der Waals surface area contributed by atoms with Gasteiger partial charge in [0.2, 0.25) is 0 Å². The van der Waals surface area contributed by atoms with Crippen molar-refractivity contribution in [3.8, 4) is 0 Å². The van der Waals surface area contributed by atoms with E-state index in [1.807, 2.05) is 49.4 Å². The molecule has 0 fully saturated rings. The van der Waals surface area contributed by atoms with Crippen LogP contribution >= 0.6 is 11.3 Å². The zero-order chi connectivity index (χ0) is 15.2. The number of hydrogen-bond acceptors (Lipinski definition) is 3. The number of carbonyl (C=O) groups excluding carboxylic acids is 1. The van der Waals surface area contributed by atoms with Crippen LogP contribution < -0.4 is 10.6 Å². The van der Waals surface area contributed by atoms with Crippen molar-refractivity contribution in [1.29, 1.82) is 0 Å². The first-order chi connectivity index (χ1) is 10.1. The Morgan fingerprint density at radius 2 is 1.76 bits per heavy atom. The molecule has 0 spiro atoms. The van der Waals surface area contributed by atoms with Crippen LogP contribution in [-0.2, 0) is 13.0 Å². The number of carbonyl (C=O) groups is 1. The molecule has 1 aromatic carbocycles. The summed E-state index contributed by atoms with van der Waals surface area (Å²) in [7, 11) is 0. The van der Waals surface area contributed by atoms with Crippen molar-refractivity contribution in [2.75, 3.05) is 5.32 Å². The van der Waals surface area contributed by atoms with E-state index in [1.165, 1.54) is 9.75 Å². The van der Waals surface area contributed by atoms with Gasteiger partial charge in [0, 0.05) is 33.6 Å². The number of aryl methyl sites for hydroxylation is 1. The molecular formula is C17H22N2OS. The van der Waals surface area contributed by atoms with Gasteiger partial charge in [-0.05, 0) is 56.7 Å². The van der Waals surface area contributed by atoms with Gasteiger partial charge in [0.15, 0.2) is 0 Å². The fourth-order valence-corrected chi connectivity index (χ4v) is 2.88. The third kappa shape index (κ3) is 4.60. The third-order valence-corrected chi connectivity index (χ3v) is 4.33. The maximum absolute atomic E-state index is 11.9. The molecular weight excluding hydrogens is 280 g/mol. The average molecular weight is 302 g/mol. The van der Waals surface area contributed by atoms with E-state index in [-0.39, 0.29) is 11.9 Å². The molecule has 0 aliphatic carbocycles. The Kier molecular flexibility index (Phi) is 5.39. The summed E-state index contributed by atoms with van der Waals surface area (Å²) in [6.07, 6.45) is 1.09. The van der Waals surface area contributed by atoms with Gasteiger partial charge in [0.05, 0.1) is 0 Å². The number of rotatable bonds is 6. The topological polar surface area (TPSA) is 41.1 Å². The van der Waals surface area contributed by atoms with Crippen molar-refractivity contribution >= 4 is 22.9 Å². The summed E-state index contributed by atoms with van der Waals surface area (Å²) in [6, 6.07) is 12.1. The predicted octanol–water partition coefficient (Wildman–Crippen LogP) is 4.06. The molecule has 0 aliphatic rings. The van der Waals surface area contributed by atoms with Gasteiger partial charge >= 0.3 is 0 Å². The van der Waals surface area contributed by atoms with E-state index in [1.54, 1.807) is 0 Å². The summed E-state index contributed by atoms with van der Waals surface area (Å²) in [6.45, 7) is 6.91. The lowest BCUT2D eigenvalue weighted by molar-refractivity contribution is 0.0943. The second-order valence-corrected chi connectivity index (χ2v) is 6.53. The van der Waals surface area contributed by atoms with Crippen LogP contribution in [0.4, 0.5) is 5.69 Å². The first kappa shape index (κ1) is 15.6. The summed E-state index contributed by atoms with van der Waals surface area (Å²) in [4.78, 5) is 14.6. The first-order valence-corrected chi connectivity index (χ1v) is 8.12. The molecule has 0 aliphatic heterocycles. The molecule has 112 valence electrons. The van der Waals surface area contributed by atoms with E-state index in [4.69, 9.17) is 0 Å². The van der Waals surface area contributed by atoms with Crippen LogP contribution in [-0.4, -0.2) is 11.9 Å². The quantitative estimate of drug-likeness (QED) is 0.845. The standard InChI is InChI=1S/C17H22N2OS/c1-4-15-9-10-16(21-15)11-18-14-7-5-13(6-8-14)17(20)19-12(2)3/h5-10,12,18H,4,11H2,1-3H3,(H,19,20). The normalized spacial score (nSPS) is 10.7. The van der Waals surface area contributed by atoms with E-state index >= 15 is 0 Å².